The molecule has 10 heteroatoms. The number of carbonyl (C=O) groups is 4. The summed E-state index contributed by atoms with van der Waals surface area (Å²) in [7, 11) is 6.55. The Hall–Kier alpha value is -4.47. The van der Waals surface area contributed by atoms with Crippen molar-refractivity contribution >= 4 is 40.5 Å². The molecule has 4 amide bonds. The second kappa shape index (κ2) is 10.9. The molecular formula is C28H32N6O4. The zero-order valence-corrected chi connectivity index (χ0v) is 22.3. The summed E-state index contributed by atoms with van der Waals surface area (Å²) in [5.41, 5.74) is 2.40. The van der Waals surface area contributed by atoms with Crippen molar-refractivity contribution < 1.29 is 19.2 Å². The van der Waals surface area contributed by atoms with E-state index in [0.29, 0.717) is 42.9 Å². The molecule has 0 spiro atoms. The van der Waals surface area contributed by atoms with Crippen LogP contribution in [0.5, 0.6) is 0 Å². The maximum atomic E-state index is 13.5. The lowest BCUT2D eigenvalue weighted by Crippen LogP contribution is -2.52. The van der Waals surface area contributed by atoms with E-state index < -0.39 is 11.7 Å². The van der Waals surface area contributed by atoms with Gasteiger partial charge < -0.3 is 19.6 Å². The third-order valence-corrected chi connectivity index (χ3v) is 6.55. The number of ketones is 1. The van der Waals surface area contributed by atoms with E-state index >= 15 is 0 Å². The molecule has 0 aliphatic carbocycles. The molecule has 1 aliphatic heterocycles. The fraction of sp³-hybridized carbons (Fsp3) is 0.321. The van der Waals surface area contributed by atoms with Crippen LogP contribution in [0, 0.1) is 6.92 Å². The molecule has 0 radical (unpaired) electrons. The molecular weight excluding hydrogens is 484 g/mol. The Morgan fingerprint density at radius 1 is 0.789 bits per heavy atom. The van der Waals surface area contributed by atoms with Gasteiger partial charge in [-0.2, -0.15) is 4.99 Å². The van der Waals surface area contributed by atoms with Gasteiger partial charge in [-0.25, -0.2) is 9.59 Å². The summed E-state index contributed by atoms with van der Waals surface area (Å²) < 4.78 is 1.41. The number of rotatable bonds is 3. The Labute approximate surface area is 221 Å². The molecule has 3 aromatic rings. The smallest absolute Gasteiger partial charge is 0.344 e. The molecule has 1 saturated heterocycles. The topological polar surface area (TPSA) is 98.5 Å². The molecule has 1 aliphatic rings. The van der Waals surface area contributed by atoms with Crippen molar-refractivity contribution in [2.75, 3.05) is 54.4 Å². The number of carbonyl (C=O) groups excluding carboxylic acids is 4. The number of piperazine rings is 1. The average molecular weight is 517 g/mol. The molecule has 1 aromatic heterocycles. The second-order valence-corrected chi connectivity index (χ2v) is 9.65. The van der Waals surface area contributed by atoms with Crippen LogP contribution in [0.25, 0.3) is 10.9 Å². The Kier molecular flexibility index (Phi) is 7.61. The normalized spacial score (nSPS) is 14.0. The largest absolute Gasteiger partial charge is 0.352 e. The Bertz CT molecular complexity index is 1420. The number of Topliss-reactive ketones (excluding diaryl/α,β-unsaturated/α-hetero) is 1. The lowest BCUT2D eigenvalue weighted by molar-refractivity contribution is -0.127. The number of nitrogens with zero attached hydrogens (tertiary/aromatic N) is 6. The zero-order valence-electron chi connectivity index (χ0n) is 22.3. The monoisotopic (exact) mass is 516 g/mol. The van der Waals surface area contributed by atoms with Gasteiger partial charge in [0.1, 0.15) is 5.84 Å². The van der Waals surface area contributed by atoms with Crippen LogP contribution in [0.3, 0.4) is 0 Å². The zero-order chi connectivity index (χ0) is 27.6. The van der Waals surface area contributed by atoms with Crippen LogP contribution in [0.2, 0.25) is 0 Å². The van der Waals surface area contributed by atoms with Gasteiger partial charge in [-0.05, 0) is 18.6 Å². The Balaban J connectivity index is 1.57. The van der Waals surface area contributed by atoms with Crippen LogP contribution < -0.4 is 0 Å². The van der Waals surface area contributed by atoms with E-state index in [-0.39, 0.29) is 17.6 Å². The minimum absolute atomic E-state index is 0.212. The van der Waals surface area contributed by atoms with Crippen molar-refractivity contribution in [1.82, 2.24) is 24.2 Å². The van der Waals surface area contributed by atoms with Crippen LogP contribution in [-0.2, 0) is 4.79 Å². The minimum atomic E-state index is -0.650. The number of amidine groups is 1. The molecule has 0 atom stereocenters. The standard InChI is InChI=1S/C28H32N6O4/c1-19-10-9-13-22-23(19)21(18-34(22)28(38)31(4)5)24(35)26(36)33-16-14-32(15-17-33)25(29-27(37)30(2)3)20-11-7-6-8-12-20/h6-13,18H,14-17H2,1-5H3. The molecule has 2 heterocycles. The molecule has 38 heavy (non-hydrogen) atoms. The Morgan fingerprint density at radius 2 is 1.42 bits per heavy atom. The van der Waals surface area contributed by atoms with Crippen molar-refractivity contribution in [2.45, 2.75) is 6.92 Å². The van der Waals surface area contributed by atoms with E-state index in [0.717, 1.165) is 11.1 Å². The van der Waals surface area contributed by atoms with Crippen LogP contribution >= 0.6 is 0 Å². The van der Waals surface area contributed by atoms with Crippen LogP contribution in [0.15, 0.2) is 59.7 Å². The molecule has 10 nitrogen and oxygen atoms in total. The molecule has 0 N–H and O–H groups in total. The predicted octanol–water partition coefficient (Wildman–Crippen LogP) is 2.93. The van der Waals surface area contributed by atoms with E-state index in [1.165, 1.54) is 25.5 Å². The first kappa shape index (κ1) is 26.6. The quantitative estimate of drug-likeness (QED) is 0.231. The molecule has 4 rings (SSSR count). The summed E-state index contributed by atoms with van der Waals surface area (Å²) in [6.07, 6.45) is 1.46. The first-order valence-corrected chi connectivity index (χ1v) is 12.4. The van der Waals surface area contributed by atoms with Crippen molar-refractivity contribution in [2.24, 2.45) is 4.99 Å². The number of aliphatic imine (C=N–C) groups is 1. The molecule has 0 bridgehead atoms. The average Bonchev–Trinajstić information content (AvgIpc) is 3.31. The van der Waals surface area contributed by atoms with Crippen LogP contribution in [0.1, 0.15) is 21.5 Å². The maximum Gasteiger partial charge on any atom is 0.344 e. The number of hydrogen-bond acceptors (Lipinski definition) is 4. The van der Waals surface area contributed by atoms with Crippen LogP contribution in [0.4, 0.5) is 9.59 Å². The SMILES string of the molecule is Cc1cccc2c1c(C(=O)C(=O)N1CCN(C(=NC(=O)N(C)C)c3ccccc3)CC1)cn2C(=O)N(C)C. The number of aryl methyl sites for hydroxylation is 1. The summed E-state index contributed by atoms with van der Waals surface area (Å²) >= 11 is 0. The van der Waals surface area contributed by atoms with Gasteiger partial charge >= 0.3 is 12.1 Å². The molecule has 2 aromatic carbocycles. The fourth-order valence-electron chi connectivity index (χ4n) is 4.49. The highest BCUT2D eigenvalue weighted by molar-refractivity contribution is 6.45. The van der Waals surface area contributed by atoms with E-state index in [9.17, 15) is 19.2 Å². The third kappa shape index (κ3) is 5.15. The Morgan fingerprint density at radius 3 is 2.03 bits per heavy atom. The van der Waals surface area contributed by atoms with E-state index in [1.807, 2.05) is 54.3 Å². The fourth-order valence-corrected chi connectivity index (χ4v) is 4.49. The third-order valence-electron chi connectivity index (χ3n) is 6.55. The van der Waals surface area contributed by atoms with Crippen LogP contribution in [-0.4, -0.2) is 108 Å². The molecule has 198 valence electrons. The van der Waals surface area contributed by atoms with E-state index in [1.54, 1.807) is 34.3 Å². The van der Waals surface area contributed by atoms with E-state index in [2.05, 4.69) is 4.99 Å². The summed E-state index contributed by atoms with van der Waals surface area (Å²) in [5, 5.41) is 0.598. The summed E-state index contributed by atoms with van der Waals surface area (Å²) in [5.74, 6) is -0.738. The summed E-state index contributed by atoms with van der Waals surface area (Å²) in [6, 6.07) is 14.2. The van der Waals surface area contributed by atoms with E-state index in [4.69, 9.17) is 0 Å². The highest BCUT2D eigenvalue weighted by atomic mass is 16.2. The highest BCUT2D eigenvalue weighted by Crippen LogP contribution is 2.26. The number of aromatic nitrogens is 1. The first-order valence-electron chi connectivity index (χ1n) is 12.4. The van der Waals surface area contributed by atoms with Gasteiger partial charge in [0.15, 0.2) is 0 Å². The number of benzene rings is 2. The van der Waals surface area contributed by atoms with Gasteiger partial charge in [0.05, 0.1) is 11.1 Å². The predicted molar refractivity (Wildman–Crippen MR) is 146 cm³/mol. The second-order valence-electron chi connectivity index (χ2n) is 9.65. The number of urea groups is 1. The van der Waals surface area contributed by atoms with Gasteiger partial charge in [-0.15, -0.1) is 0 Å². The van der Waals surface area contributed by atoms with Gasteiger partial charge in [0, 0.05) is 71.5 Å². The summed E-state index contributed by atoms with van der Waals surface area (Å²) in [4.78, 5) is 62.6. The lowest BCUT2D eigenvalue weighted by atomic mass is 10.0. The molecule has 0 unspecified atom stereocenters. The van der Waals surface area contributed by atoms with Gasteiger partial charge in [-0.1, -0.05) is 42.5 Å². The van der Waals surface area contributed by atoms with Gasteiger partial charge in [0.2, 0.25) is 0 Å². The minimum Gasteiger partial charge on any atom is -0.352 e. The van der Waals surface area contributed by atoms with Crippen molar-refractivity contribution in [3.05, 3.63) is 71.4 Å². The lowest BCUT2D eigenvalue weighted by Gasteiger charge is -2.36. The van der Waals surface area contributed by atoms with Crippen molar-refractivity contribution in [3.8, 4) is 0 Å². The van der Waals surface area contributed by atoms with Crippen molar-refractivity contribution in [1.29, 1.82) is 0 Å². The van der Waals surface area contributed by atoms with Crippen molar-refractivity contribution in [3.63, 3.8) is 0 Å². The maximum absolute atomic E-state index is 13.5. The van der Waals surface area contributed by atoms with Gasteiger partial charge in [0.25, 0.3) is 11.7 Å². The first-order chi connectivity index (χ1) is 18.1. The molecule has 0 saturated carbocycles. The summed E-state index contributed by atoms with van der Waals surface area (Å²) in [6.45, 7) is 3.26. The number of hydrogen-bond donors (Lipinski definition) is 0. The molecule has 1 fully saturated rings. The number of fused-ring (bicyclic) bond motifs is 1. The van der Waals surface area contributed by atoms with Gasteiger partial charge in [-0.3, -0.25) is 14.2 Å². The highest BCUT2D eigenvalue weighted by Gasteiger charge is 2.31. The number of amides is 4.